The molecule has 0 unspecified atom stereocenters. The molecule has 0 fully saturated rings. The number of H-pyrrole nitrogens is 1. The van der Waals surface area contributed by atoms with E-state index in [0.29, 0.717) is 17.4 Å². The van der Waals surface area contributed by atoms with Crippen LogP contribution >= 0.6 is 0 Å². The Morgan fingerprint density at radius 2 is 2.00 bits per heavy atom. The molecule has 6 heteroatoms. The number of aromatic nitrogens is 1. The van der Waals surface area contributed by atoms with Gasteiger partial charge in [0, 0.05) is 12.1 Å². The van der Waals surface area contributed by atoms with E-state index in [-0.39, 0.29) is 11.1 Å². The van der Waals surface area contributed by atoms with Crippen molar-refractivity contribution < 1.29 is 9.18 Å². The van der Waals surface area contributed by atoms with Gasteiger partial charge >= 0.3 is 0 Å². The molecule has 2 rings (SSSR count). The number of benzene rings is 1. The van der Waals surface area contributed by atoms with Gasteiger partial charge in [-0.15, -0.1) is 0 Å². The standard InChI is InChI=1S/C16H20FN3O2/c1-16(2,20(3)4)9-18-14(21)12-7-10-5-6-11(17)8-13(10)19-15(12)22/h5-8H,9H2,1-4H3,(H,18,21)(H,19,22). The van der Waals surface area contributed by atoms with Gasteiger partial charge < -0.3 is 15.2 Å². The number of nitrogens with one attached hydrogen (secondary N) is 2. The van der Waals surface area contributed by atoms with Gasteiger partial charge in [-0.1, -0.05) is 0 Å². The monoisotopic (exact) mass is 305 g/mol. The minimum Gasteiger partial charge on any atom is -0.350 e. The summed E-state index contributed by atoms with van der Waals surface area (Å²) in [7, 11) is 3.84. The van der Waals surface area contributed by atoms with Gasteiger partial charge in [-0.3, -0.25) is 9.59 Å². The van der Waals surface area contributed by atoms with Gasteiger partial charge in [0.05, 0.1) is 5.52 Å². The molecule has 22 heavy (non-hydrogen) atoms. The fourth-order valence-electron chi connectivity index (χ4n) is 1.89. The highest BCUT2D eigenvalue weighted by atomic mass is 19.1. The zero-order valence-corrected chi connectivity index (χ0v) is 13.2. The van der Waals surface area contributed by atoms with E-state index in [0.717, 1.165) is 0 Å². The fraction of sp³-hybridized carbons (Fsp3) is 0.375. The molecule has 1 aromatic carbocycles. The Labute approximate surface area is 128 Å². The molecule has 0 atom stereocenters. The third kappa shape index (κ3) is 3.33. The number of pyridine rings is 1. The van der Waals surface area contributed by atoms with Crippen LogP contribution in [-0.4, -0.2) is 42.0 Å². The van der Waals surface area contributed by atoms with Crippen LogP contribution in [0.1, 0.15) is 24.2 Å². The first-order valence-corrected chi connectivity index (χ1v) is 6.99. The number of carbonyl (C=O) groups is 1. The van der Waals surface area contributed by atoms with Gasteiger partial charge in [-0.05, 0) is 57.6 Å². The van der Waals surface area contributed by atoms with Gasteiger partial charge in [0.2, 0.25) is 0 Å². The fourth-order valence-corrected chi connectivity index (χ4v) is 1.89. The molecule has 1 aromatic heterocycles. The van der Waals surface area contributed by atoms with E-state index in [1.165, 1.54) is 24.3 Å². The smallest absolute Gasteiger partial charge is 0.261 e. The Morgan fingerprint density at radius 3 is 2.64 bits per heavy atom. The molecular weight excluding hydrogens is 285 g/mol. The summed E-state index contributed by atoms with van der Waals surface area (Å²) in [5.74, 6) is -0.879. The Morgan fingerprint density at radius 1 is 1.32 bits per heavy atom. The highest BCUT2D eigenvalue weighted by molar-refractivity contribution is 5.97. The van der Waals surface area contributed by atoms with Crippen LogP contribution in [0.5, 0.6) is 0 Å². The van der Waals surface area contributed by atoms with E-state index in [1.54, 1.807) is 0 Å². The largest absolute Gasteiger partial charge is 0.350 e. The van der Waals surface area contributed by atoms with Crippen LogP contribution in [0.4, 0.5) is 4.39 Å². The van der Waals surface area contributed by atoms with Crippen molar-refractivity contribution in [2.45, 2.75) is 19.4 Å². The van der Waals surface area contributed by atoms with Crippen molar-refractivity contribution in [3.05, 3.63) is 46.0 Å². The van der Waals surface area contributed by atoms with Crippen LogP contribution < -0.4 is 10.9 Å². The van der Waals surface area contributed by atoms with E-state index in [1.807, 2.05) is 32.8 Å². The lowest BCUT2D eigenvalue weighted by Crippen LogP contribution is -2.48. The van der Waals surface area contributed by atoms with Crippen LogP contribution in [0.3, 0.4) is 0 Å². The zero-order chi connectivity index (χ0) is 16.5. The van der Waals surface area contributed by atoms with Gasteiger partial charge in [0.15, 0.2) is 0 Å². The number of amides is 1. The summed E-state index contributed by atoms with van der Waals surface area (Å²) >= 11 is 0. The summed E-state index contributed by atoms with van der Waals surface area (Å²) in [6, 6.07) is 5.53. The van der Waals surface area contributed by atoms with Crippen molar-refractivity contribution in [1.29, 1.82) is 0 Å². The predicted octanol–water partition coefficient (Wildman–Crippen LogP) is 1.74. The highest BCUT2D eigenvalue weighted by Gasteiger charge is 2.22. The van der Waals surface area contributed by atoms with Gasteiger partial charge in [-0.2, -0.15) is 0 Å². The maximum atomic E-state index is 13.1. The maximum Gasteiger partial charge on any atom is 0.261 e. The van der Waals surface area contributed by atoms with Crippen molar-refractivity contribution in [3.8, 4) is 0 Å². The zero-order valence-electron chi connectivity index (χ0n) is 13.2. The molecule has 2 aromatic rings. The van der Waals surface area contributed by atoms with Crippen LogP contribution in [0.25, 0.3) is 10.9 Å². The molecule has 0 aliphatic rings. The summed E-state index contributed by atoms with van der Waals surface area (Å²) in [5, 5.41) is 3.37. The molecule has 5 nitrogen and oxygen atoms in total. The number of hydrogen-bond acceptors (Lipinski definition) is 3. The lowest BCUT2D eigenvalue weighted by Gasteiger charge is -2.32. The molecule has 118 valence electrons. The number of likely N-dealkylation sites (N-methyl/N-ethyl adjacent to an activating group) is 1. The average molecular weight is 305 g/mol. The second-order valence-electron chi connectivity index (χ2n) is 6.13. The Kier molecular flexibility index (Phi) is 4.32. The van der Waals surface area contributed by atoms with E-state index < -0.39 is 17.3 Å². The number of aromatic amines is 1. The second kappa shape index (κ2) is 5.88. The van der Waals surface area contributed by atoms with Crippen LogP contribution in [0.2, 0.25) is 0 Å². The number of nitrogens with zero attached hydrogens (tertiary/aromatic N) is 1. The summed E-state index contributed by atoms with van der Waals surface area (Å²) < 4.78 is 13.1. The number of hydrogen-bond donors (Lipinski definition) is 2. The number of carbonyl (C=O) groups excluding carboxylic acids is 1. The van der Waals surface area contributed by atoms with Crippen molar-refractivity contribution in [2.24, 2.45) is 0 Å². The summed E-state index contributed by atoms with van der Waals surface area (Å²) in [6.45, 7) is 4.38. The first kappa shape index (κ1) is 16.2. The minimum absolute atomic E-state index is 0.0219. The predicted molar refractivity (Wildman–Crippen MR) is 84.6 cm³/mol. The first-order valence-electron chi connectivity index (χ1n) is 6.99. The SMILES string of the molecule is CN(C)C(C)(C)CNC(=O)c1cc2ccc(F)cc2[nH]c1=O. The molecule has 0 aliphatic carbocycles. The molecule has 0 spiro atoms. The number of halogens is 1. The molecule has 0 aliphatic heterocycles. The average Bonchev–Trinajstić information content (AvgIpc) is 2.43. The molecule has 1 heterocycles. The molecule has 0 saturated carbocycles. The Bertz CT molecular complexity index is 766. The Hall–Kier alpha value is -2.21. The number of fused-ring (bicyclic) bond motifs is 1. The topological polar surface area (TPSA) is 65.2 Å². The molecule has 0 saturated heterocycles. The van der Waals surface area contributed by atoms with E-state index >= 15 is 0 Å². The van der Waals surface area contributed by atoms with E-state index in [2.05, 4.69) is 10.3 Å². The van der Waals surface area contributed by atoms with Crippen LogP contribution in [0.15, 0.2) is 29.1 Å². The molecular formula is C16H20FN3O2. The van der Waals surface area contributed by atoms with Crippen molar-refractivity contribution in [2.75, 3.05) is 20.6 Å². The molecule has 0 radical (unpaired) electrons. The summed E-state index contributed by atoms with van der Waals surface area (Å²) in [6.07, 6.45) is 0. The minimum atomic E-state index is -0.529. The summed E-state index contributed by atoms with van der Waals surface area (Å²) in [4.78, 5) is 28.7. The van der Waals surface area contributed by atoms with Gasteiger partial charge in [0.1, 0.15) is 11.4 Å². The molecule has 0 bridgehead atoms. The van der Waals surface area contributed by atoms with Crippen LogP contribution in [0, 0.1) is 5.82 Å². The Balaban J connectivity index is 2.27. The van der Waals surface area contributed by atoms with Crippen molar-refractivity contribution in [3.63, 3.8) is 0 Å². The van der Waals surface area contributed by atoms with Crippen molar-refractivity contribution in [1.82, 2.24) is 15.2 Å². The van der Waals surface area contributed by atoms with Gasteiger partial charge in [-0.25, -0.2) is 4.39 Å². The second-order valence-corrected chi connectivity index (χ2v) is 6.13. The third-order valence-electron chi connectivity index (χ3n) is 3.94. The molecule has 1 amide bonds. The molecule has 2 N–H and O–H groups in total. The third-order valence-corrected chi connectivity index (χ3v) is 3.94. The van der Waals surface area contributed by atoms with E-state index in [9.17, 15) is 14.0 Å². The quantitative estimate of drug-likeness (QED) is 0.904. The van der Waals surface area contributed by atoms with Crippen molar-refractivity contribution >= 4 is 16.8 Å². The normalized spacial score (nSPS) is 11.9. The lowest BCUT2D eigenvalue weighted by molar-refractivity contribution is 0.0918. The van der Waals surface area contributed by atoms with E-state index in [4.69, 9.17) is 0 Å². The maximum absolute atomic E-state index is 13.1. The van der Waals surface area contributed by atoms with Crippen LogP contribution in [-0.2, 0) is 0 Å². The summed E-state index contributed by atoms with van der Waals surface area (Å²) in [5.41, 5.74) is -0.371. The van der Waals surface area contributed by atoms with Gasteiger partial charge in [0.25, 0.3) is 11.5 Å². The lowest BCUT2D eigenvalue weighted by atomic mass is 10.0. The first-order chi connectivity index (χ1) is 10.2. The highest BCUT2D eigenvalue weighted by Crippen LogP contribution is 2.13. The number of rotatable bonds is 4.